The molecule has 1 N–H and O–H groups in total. The van der Waals surface area contributed by atoms with Crippen molar-refractivity contribution in [3.8, 4) is 11.5 Å². The highest BCUT2D eigenvalue weighted by Gasteiger charge is 2.16. The molecule has 0 radical (unpaired) electrons. The molecule has 0 saturated heterocycles. The van der Waals surface area contributed by atoms with Gasteiger partial charge in [-0.2, -0.15) is 0 Å². The van der Waals surface area contributed by atoms with E-state index in [-0.39, 0.29) is 6.54 Å². The number of thiophene rings is 1. The summed E-state index contributed by atoms with van der Waals surface area (Å²) in [6.45, 7) is 2.20. The summed E-state index contributed by atoms with van der Waals surface area (Å²) < 4.78 is 37.8. The van der Waals surface area contributed by atoms with Crippen LogP contribution in [0.2, 0.25) is 0 Å². The molecule has 5 nitrogen and oxygen atoms in total. The van der Waals surface area contributed by atoms with Gasteiger partial charge in [0.15, 0.2) is 11.5 Å². The van der Waals surface area contributed by atoms with E-state index in [9.17, 15) is 8.42 Å². The predicted molar refractivity (Wildman–Crippen MR) is 87.3 cm³/mol. The van der Waals surface area contributed by atoms with Crippen LogP contribution in [0.15, 0.2) is 34.5 Å². The van der Waals surface area contributed by atoms with Gasteiger partial charge in [-0.3, -0.25) is 0 Å². The Balaban J connectivity index is 2.11. The minimum Gasteiger partial charge on any atom is -0.493 e. The van der Waals surface area contributed by atoms with Crippen LogP contribution in [-0.4, -0.2) is 22.6 Å². The van der Waals surface area contributed by atoms with E-state index in [1.54, 1.807) is 38.5 Å². The molecule has 0 amide bonds. The van der Waals surface area contributed by atoms with Crippen LogP contribution in [0.1, 0.15) is 17.4 Å². The summed E-state index contributed by atoms with van der Waals surface area (Å²) >= 11 is 1.29. The van der Waals surface area contributed by atoms with Crippen LogP contribution in [0.5, 0.6) is 11.5 Å². The lowest BCUT2D eigenvalue weighted by Gasteiger charge is -2.10. The van der Waals surface area contributed by atoms with E-state index in [1.165, 1.54) is 11.3 Å². The lowest BCUT2D eigenvalue weighted by molar-refractivity contribution is 0.354. The lowest BCUT2D eigenvalue weighted by atomic mass is 10.2. The van der Waals surface area contributed by atoms with E-state index in [1.807, 2.05) is 13.0 Å². The molecule has 1 heterocycles. The van der Waals surface area contributed by atoms with E-state index in [4.69, 9.17) is 9.47 Å². The SMILES string of the molecule is CCc1ccc(S(=O)(=O)NCc2ccc(OC)c(OC)c2)s1. The Morgan fingerprint density at radius 3 is 2.41 bits per heavy atom. The minimum atomic E-state index is -3.49. The van der Waals surface area contributed by atoms with Gasteiger partial charge in [-0.15, -0.1) is 11.3 Å². The van der Waals surface area contributed by atoms with E-state index in [0.717, 1.165) is 16.9 Å². The maximum atomic E-state index is 12.3. The first kappa shape index (κ1) is 16.8. The van der Waals surface area contributed by atoms with Gasteiger partial charge in [0.05, 0.1) is 14.2 Å². The predicted octanol–water partition coefficient (Wildman–Crippen LogP) is 2.81. The molecule has 2 rings (SSSR count). The zero-order chi connectivity index (χ0) is 16.2. The van der Waals surface area contributed by atoms with Crippen LogP contribution in [-0.2, 0) is 23.0 Å². The molecule has 0 spiro atoms. The van der Waals surface area contributed by atoms with Gasteiger partial charge < -0.3 is 9.47 Å². The second-order valence-corrected chi connectivity index (χ2v) is 7.75. The Bertz CT molecular complexity index is 738. The monoisotopic (exact) mass is 341 g/mol. The molecular formula is C15H19NO4S2. The van der Waals surface area contributed by atoms with E-state index >= 15 is 0 Å². The number of aryl methyl sites for hydroxylation is 1. The van der Waals surface area contributed by atoms with Gasteiger partial charge in [-0.25, -0.2) is 13.1 Å². The third kappa shape index (κ3) is 3.79. The molecule has 2 aromatic rings. The van der Waals surface area contributed by atoms with E-state index in [0.29, 0.717) is 15.7 Å². The molecule has 0 aliphatic carbocycles. The van der Waals surface area contributed by atoms with Crippen LogP contribution in [0.3, 0.4) is 0 Å². The number of nitrogens with one attached hydrogen (secondary N) is 1. The van der Waals surface area contributed by atoms with Gasteiger partial charge in [-0.1, -0.05) is 13.0 Å². The molecule has 22 heavy (non-hydrogen) atoms. The van der Waals surface area contributed by atoms with Crippen molar-refractivity contribution in [2.45, 2.75) is 24.1 Å². The topological polar surface area (TPSA) is 64.6 Å². The van der Waals surface area contributed by atoms with Crippen molar-refractivity contribution < 1.29 is 17.9 Å². The molecule has 0 aliphatic heterocycles. The number of methoxy groups -OCH3 is 2. The average Bonchev–Trinajstić information content (AvgIpc) is 3.02. The molecule has 0 bridgehead atoms. The maximum absolute atomic E-state index is 12.3. The average molecular weight is 341 g/mol. The van der Waals surface area contributed by atoms with E-state index in [2.05, 4.69) is 4.72 Å². The fraction of sp³-hybridized carbons (Fsp3) is 0.333. The summed E-state index contributed by atoms with van der Waals surface area (Å²) in [6.07, 6.45) is 0.829. The minimum absolute atomic E-state index is 0.196. The normalized spacial score (nSPS) is 11.4. The quantitative estimate of drug-likeness (QED) is 0.841. The van der Waals surface area contributed by atoms with Crippen molar-refractivity contribution >= 4 is 21.4 Å². The number of benzene rings is 1. The Morgan fingerprint density at radius 2 is 1.82 bits per heavy atom. The molecule has 1 aromatic heterocycles. The molecule has 0 fully saturated rings. The van der Waals surface area contributed by atoms with Crippen molar-refractivity contribution in [1.82, 2.24) is 4.72 Å². The Hall–Kier alpha value is -1.57. The highest BCUT2D eigenvalue weighted by Crippen LogP contribution is 2.28. The van der Waals surface area contributed by atoms with Crippen LogP contribution >= 0.6 is 11.3 Å². The first-order valence-electron chi connectivity index (χ1n) is 6.79. The highest BCUT2D eigenvalue weighted by atomic mass is 32.2. The van der Waals surface area contributed by atoms with Gasteiger partial charge in [-0.05, 0) is 36.2 Å². The van der Waals surface area contributed by atoms with Crippen LogP contribution in [0.25, 0.3) is 0 Å². The second-order valence-electron chi connectivity index (χ2n) is 4.59. The van der Waals surface area contributed by atoms with Crippen LogP contribution in [0, 0.1) is 0 Å². The zero-order valence-corrected chi connectivity index (χ0v) is 14.4. The number of sulfonamides is 1. The highest BCUT2D eigenvalue weighted by molar-refractivity contribution is 7.91. The standard InChI is InChI=1S/C15H19NO4S2/c1-4-12-6-8-15(21-12)22(17,18)16-10-11-5-7-13(19-2)14(9-11)20-3/h5-9,16H,4,10H2,1-3H3. The summed E-state index contributed by atoms with van der Waals surface area (Å²) in [5.41, 5.74) is 0.800. The summed E-state index contributed by atoms with van der Waals surface area (Å²) in [5, 5.41) is 0. The number of ether oxygens (including phenoxy) is 2. The van der Waals surface area contributed by atoms with Crippen molar-refractivity contribution in [3.63, 3.8) is 0 Å². The van der Waals surface area contributed by atoms with Crippen LogP contribution < -0.4 is 14.2 Å². The fourth-order valence-electron chi connectivity index (χ4n) is 1.93. The summed E-state index contributed by atoms with van der Waals surface area (Å²) in [4.78, 5) is 1.05. The molecule has 120 valence electrons. The van der Waals surface area contributed by atoms with Crippen molar-refractivity contribution in [2.75, 3.05) is 14.2 Å². The maximum Gasteiger partial charge on any atom is 0.250 e. The Kier molecular flexibility index (Phi) is 5.44. The molecule has 7 heteroatoms. The smallest absolute Gasteiger partial charge is 0.250 e. The number of hydrogen-bond acceptors (Lipinski definition) is 5. The van der Waals surface area contributed by atoms with Gasteiger partial charge in [0.2, 0.25) is 10.0 Å². The molecule has 0 saturated carbocycles. The first-order valence-corrected chi connectivity index (χ1v) is 9.09. The third-order valence-corrected chi connectivity index (χ3v) is 6.29. The van der Waals surface area contributed by atoms with Crippen molar-refractivity contribution in [2.24, 2.45) is 0 Å². The molecule has 0 unspecified atom stereocenters. The van der Waals surface area contributed by atoms with Gasteiger partial charge >= 0.3 is 0 Å². The lowest BCUT2D eigenvalue weighted by Crippen LogP contribution is -2.22. The molecular weight excluding hydrogens is 322 g/mol. The summed E-state index contributed by atoms with van der Waals surface area (Å²) in [5.74, 6) is 1.18. The Morgan fingerprint density at radius 1 is 1.09 bits per heavy atom. The summed E-state index contributed by atoms with van der Waals surface area (Å²) in [6, 6.07) is 8.79. The van der Waals surface area contributed by atoms with Crippen molar-refractivity contribution in [1.29, 1.82) is 0 Å². The zero-order valence-electron chi connectivity index (χ0n) is 12.8. The third-order valence-electron chi connectivity index (χ3n) is 3.16. The second kappa shape index (κ2) is 7.13. The number of hydrogen-bond donors (Lipinski definition) is 1. The van der Waals surface area contributed by atoms with Crippen molar-refractivity contribution in [3.05, 3.63) is 40.8 Å². The van der Waals surface area contributed by atoms with Crippen LogP contribution in [0.4, 0.5) is 0 Å². The number of rotatable bonds is 7. The largest absolute Gasteiger partial charge is 0.493 e. The Labute approximate surface area is 134 Å². The molecule has 1 aromatic carbocycles. The molecule has 0 aliphatic rings. The van der Waals surface area contributed by atoms with Gasteiger partial charge in [0, 0.05) is 11.4 Å². The molecule has 0 atom stereocenters. The van der Waals surface area contributed by atoms with Gasteiger partial charge in [0.1, 0.15) is 4.21 Å². The summed E-state index contributed by atoms with van der Waals surface area (Å²) in [7, 11) is -0.383. The van der Waals surface area contributed by atoms with Gasteiger partial charge in [0.25, 0.3) is 0 Å². The fourth-order valence-corrected chi connectivity index (χ4v) is 4.29. The first-order chi connectivity index (χ1) is 10.5. The van der Waals surface area contributed by atoms with E-state index < -0.39 is 10.0 Å².